The lowest BCUT2D eigenvalue weighted by atomic mass is 9.89. The van der Waals surface area contributed by atoms with Gasteiger partial charge in [-0.2, -0.15) is 0 Å². The second kappa shape index (κ2) is 5.18. The molecule has 2 unspecified atom stereocenters. The van der Waals surface area contributed by atoms with Gasteiger partial charge in [0.2, 0.25) is 11.8 Å². The number of rotatable bonds is 3. The number of benzene rings is 1. The van der Waals surface area contributed by atoms with Gasteiger partial charge in [0.25, 0.3) is 0 Å². The van der Waals surface area contributed by atoms with Crippen molar-refractivity contribution in [3.05, 3.63) is 29.8 Å². The van der Waals surface area contributed by atoms with Crippen molar-refractivity contribution < 1.29 is 14.7 Å². The van der Waals surface area contributed by atoms with Gasteiger partial charge in [0.15, 0.2) is 0 Å². The number of carbonyl (C=O) groups excluding carboxylic acids is 2. The van der Waals surface area contributed by atoms with Crippen LogP contribution in [0.4, 0.5) is 5.69 Å². The van der Waals surface area contributed by atoms with Gasteiger partial charge in [0.1, 0.15) is 0 Å². The number of nitrogens with one attached hydrogen (secondary N) is 2. The van der Waals surface area contributed by atoms with Crippen molar-refractivity contribution >= 4 is 17.5 Å². The largest absolute Gasteiger partial charge is 0.394 e. The highest BCUT2D eigenvalue weighted by Crippen LogP contribution is 2.31. The van der Waals surface area contributed by atoms with Crippen LogP contribution in [0.2, 0.25) is 0 Å². The van der Waals surface area contributed by atoms with Crippen molar-refractivity contribution in [1.29, 1.82) is 0 Å². The highest BCUT2D eigenvalue weighted by atomic mass is 16.3. The van der Waals surface area contributed by atoms with E-state index in [2.05, 4.69) is 10.6 Å². The van der Waals surface area contributed by atoms with E-state index in [1.54, 1.807) is 13.0 Å². The smallest absolute Gasteiger partial charge is 0.228 e. The lowest BCUT2D eigenvalue weighted by Gasteiger charge is -2.25. The zero-order chi connectivity index (χ0) is 13.1. The lowest BCUT2D eigenvalue weighted by molar-refractivity contribution is -0.127. The molecule has 1 heterocycles. The Hall–Kier alpha value is -1.88. The standard InChI is InChI=1S/C13H16N2O3/c1-8(7-16)14-13(18)10-6-12(17)15-11-5-3-2-4-9(10)11/h2-5,8,10,16H,6-7H2,1H3,(H,14,18)(H,15,17). The van der Waals surface area contributed by atoms with Gasteiger partial charge in [0.05, 0.1) is 12.5 Å². The third kappa shape index (κ3) is 2.51. The fourth-order valence-electron chi connectivity index (χ4n) is 2.03. The molecule has 1 aliphatic rings. The van der Waals surface area contributed by atoms with Crippen LogP contribution in [0.3, 0.4) is 0 Å². The van der Waals surface area contributed by atoms with Gasteiger partial charge in [-0.25, -0.2) is 0 Å². The molecule has 1 aliphatic heterocycles. The number of fused-ring (bicyclic) bond motifs is 1. The van der Waals surface area contributed by atoms with E-state index < -0.39 is 5.92 Å². The van der Waals surface area contributed by atoms with Crippen LogP contribution in [0.15, 0.2) is 24.3 Å². The summed E-state index contributed by atoms with van der Waals surface area (Å²) < 4.78 is 0. The van der Waals surface area contributed by atoms with Gasteiger partial charge in [-0.1, -0.05) is 18.2 Å². The SMILES string of the molecule is CC(CO)NC(=O)C1CC(=O)Nc2ccccc21. The molecule has 0 aliphatic carbocycles. The van der Waals surface area contributed by atoms with Gasteiger partial charge in [-0.15, -0.1) is 0 Å². The third-order valence-corrected chi connectivity index (χ3v) is 2.98. The van der Waals surface area contributed by atoms with Gasteiger partial charge < -0.3 is 15.7 Å². The van der Waals surface area contributed by atoms with Crippen LogP contribution in [0, 0.1) is 0 Å². The van der Waals surface area contributed by atoms with Crippen LogP contribution >= 0.6 is 0 Å². The number of anilines is 1. The highest BCUT2D eigenvalue weighted by Gasteiger charge is 2.30. The Morgan fingerprint density at radius 1 is 1.56 bits per heavy atom. The van der Waals surface area contributed by atoms with Crippen molar-refractivity contribution in [1.82, 2.24) is 5.32 Å². The average Bonchev–Trinajstić information content (AvgIpc) is 2.37. The molecule has 2 amide bonds. The van der Waals surface area contributed by atoms with Gasteiger partial charge in [0, 0.05) is 18.2 Å². The Kier molecular flexibility index (Phi) is 3.62. The van der Waals surface area contributed by atoms with Crippen molar-refractivity contribution in [2.24, 2.45) is 0 Å². The summed E-state index contributed by atoms with van der Waals surface area (Å²) >= 11 is 0. The molecule has 1 aromatic carbocycles. The molecule has 0 spiro atoms. The fourth-order valence-corrected chi connectivity index (χ4v) is 2.03. The summed E-state index contributed by atoms with van der Waals surface area (Å²) in [6.45, 7) is 1.60. The first kappa shape index (κ1) is 12.6. The topological polar surface area (TPSA) is 78.4 Å². The minimum atomic E-state index is -0.482. The normalized spacial score (nSPS) is 19.7. The van der Waals surface area contributed by atoms with Gasteiger partial charge >= 0.3 is 0 Å². The van der Waals surface area contributed by atoms with Crippen LogP contribution in [-0.4, -0.2) is 29.6 Å². The Labute approximate surface area is 105 Å². The minimum Gasteiger partial charge on any atom is -0.394 e. The van der Waals surface area contributed by atoms with Gasteiger partial charge in [-0.05, 0) is 18.6 Å². The summed E-state index contributed by atoms with van der Waals surface area (Å²) in [7, 11) is 0. The Balaban J connectivity index is 2.23. The fraction of sp³-hybridized carbons (Fsp3) is 0.385. The second-order valence-electron chi connectivity index (χ2n) is 4.48. The highest BCUT2D eigenvalue weighted by molar-refractivity contribution is 6.01. The number of hydrogen-bond donors (Lipinski definition) is 3. The van der Waals surface area contributed by atoms with Gasteiger partial charge in [-0.3, -0.25) is 9.59 Å². The van der Waals surface area contributed by atoms with E-state index >= 15 is 0 Å². The summed E-state index contributed by atoms with van der Waals surface area (Å²) in [5.41, 5.74) is 1.50. The molecule has 0 radical (unpaired) electrons. The number of aliphatic hydroxyl groups is 1. The molecule has 1 aromatic rings. The molecular formula is C13H16N2O3. The number of carbonyl (C=O) groups is 2. The number of hydrogen-bond acceptors (Lipinski definition) is 3. The van der Waals surface area contributed by atoms with E-state index in [-0.39, 0.29) is 30.9 Å². The molecule has 0 bridgehead atoms. The molecule has 5 nitrogen and oxygen atoms in total. The molecule has 0 saturated heterocycles. The van der Waals surface area contributed by atoms with Crippen LogP contribution in [-0.2, 0) is 9.59 Å². The number of amides is 2. The van der Waals surface area contributed by atoms with Crippen LogP contribution in [0.25, 0.3) is 0 Å². The molecule has 0 fully saturated rings. The molecule has 0 saturated carbocycles. The summed E-state index contributed by atoms with van der Waals surface area (Å²) in [4.78, 5) is 23.6. The Morgan fingerprint density at radius 2 is 2.28 bits per heavy atom. The monoisotopic (exact) mass is 248 g/mol. The molecule has 96 valence electrons. The maximum absolute atomic E-state index is 12.1. The Morgan fingerprint density at radius 3 is 3.00 bits per heavy atom. The van der Waals surface area contributed by atoms with Crippen molar-refractivity contribution in [3.8, 4) is 0 Å². The van der Waals surface area contributed by atoms with Crippen LogP contribution in [0.5, 0.6) is 0 Å². The maximum atomic E-state index is 12.1. The number of aliphatic hydroxyl groups excluding tert-OH is 1. The third-order valence-electron chi connectivity index (χ3n) is 2.98. The van der Waals surface area contributed by atoms with Crippen LogP contribution < -0.4 is 10.6 Å². The zero-order valence-electron chi connectivity index (χ0n) is 10.1. The molecule has 5 heteroatoms. The average molecular weight is 248 g/mol. The van der Waals surface area contributed by atoms with E-state index in [9.17, 15) is 9.59 Å². The molecule has 2 atom stereocenters. The van der Waals surface area contributed by atoms with E-state index in [0.717, 1.165) is 5.56 Å². The second-order valence-corrected chi connectivity index (χ2v) is 4.48. The summed E-state index contributed by atoms with van der Waals surface area (Å²) in [5.74, 6) is -0.867. The summed E-state index contributed by atoms with van der Waals surface area (Å²) in [6, 6.07) is 6.96. The summed E-state index contributed by atoms with van der Waals surface area (Å²) in [6.07, 6.45) is 0.140. The van der Waals surface area contributed by atoms with E-state index in [1.807, 2.05) is 18.2 Å². The predicted molar refractivity (Wildman–Crippen MR) is 67.1 cm³/mol. The molecular weight excluding hydrogens is 232 g/mol. The maximum Gasteiger partial charge on any atom is 0.228 e. The number of para-hydroxylation sites is 1. The summed E-state index contributed by atoms with van der Waals surface area (Å²) in [5, 5.41) is 14.4. The first-order valence-corrected chi connectivity index (χ1v) is 5.92. The quantitative estimate of drug-likeness (QED) is 0.733. The Bertz CT molecular complexity index is 473. The van der Waals surface area contributed by atoms with Crippen molar-refractivity contribution in [2.75, 3.05) is 11.9 Å². The van der Waals surface area contributed by atoms with Crippen molar-refractivity contribution in [2.45, 2.75) is 25.3 Å². The van der Waals surface area contributed by atoms with Crippen molar-refractivity contribution in [3.63, 3.8) is 0 Å². The predicted octanol–water partition coefficient (Wildman–Crippen LogP) is 0.609. The molecule has 0 aromatic heterocycles. The molecule has 2 rings (SSSR count). The van der Waals surface area contributed by atoms with E-state index in [0.29, 0.717) is 5.69 Å². The molecule has 3 N–H and O–H groups in total. The molecule has 18 heavy (non-hydrogen) atoms. The first-order valence-electron chi connectivity index (χ1n) is 5.92. The van der Waals surface area contributed by atoms with Crippen LogP contribution in [0.1, 0.15) is 24.8 Å². The minimum absolute atomic E-state index is 0.119. The lowest BCUT2D eigenvalue weighted by Crippen LogP contribution is -2.40. The van der Waals surface area contributed by atoms with E-state index in [4.69, 9.17) is 5.11 Å². The first-order chi connectivity index (χ1) is 8.61. The zero-order valence-corrected chi connectivity index (χ0v) is 10.1. The van der Waals surface area contributed by atoms with E-state index in [1.165, 1.54) is 0 Å².